The summed E-state index contributed by atoms with van der Waals surface area (Å²) in [5.74, 6) is 0.817. The van der Waals surface area contributed by atoms with Crippen LogP contribution in [0.5, 0.6) is 0 Å². The number of aliphatic hydroxyl groups excluding tert-OH is 1. The second-order valence-corrected chi connectivity index (χ2v) is 5.48. The van der Waals surface area contributed by atoms with Gasteiger partial charge in [0, 0.05) is 30.9 Å². The number of aliphatic hydroxyl groups is 1. The number of anilines is 1. The monoisotopic (exact) mass is 248 g/mol. The van der Waals surface area contributed by atoms with Gasteiger partial charge in [0.2, 0.25) is 0 Å². The van der Waals surface area contributed by atoms with Crippen LogP contribution in [0, 0.1) is 5.92 Å². The summed E-state index contributed by atoms with van der Waals surface area (Å²) in [6.07, 6.45) is 2.50. The molecule has 3 heteroatoms. The van der Waals surface area contributed by atoms with Crippen LogP contribution in [-0.4, -0.2) is 43.7 Å². The third-order valence-corrected chi connectivity index (χ3v) is 3.74. The fourth-order valence-electron chi connectivity index (χ4n) is 2.83. The molecule has 1 saturated heterocycles. The van der Waals surface area contributed by atoms with Crippen molar-refractivity contribution in [2.45, 2.75) is 19.4 Å². The Morgan fingerprint density at radius 1 is 1.22 bits per heavy atom. The number of nitrogens with zero attached hydrogens (tertiary/aromatic N) is 2. The van der Waals surface area contributed by atoms with Crippen molar-refractivity contribution in [3.8, 4) is 0 Å². The molecule has 0 aliphatic carbocycles. The first kappa shape index (κ1) is 13.4. The van der Waals surface area contributed by atoms with Crippen molar-refractivity contribution in [1.82, 2.24) is 4.90 Å². The van der Waals surface area contributed by atoms with E-state index in [0.29, 0.717) is 0 Å². The van der Waals surface area contributed by atoms with E-state index < -0.39 is 0 Å². The fraction of sp³-hybridized carbons (Fsp3) is 0.600. The summed E-state index contributed by atoms with van der Waals surface area (Å²) in [6.45, 7) is 3.54. The van der Waals surface area contributed by atoms with E-state index in [1.165, 1.54) is 25.1 Å². The van der Waals surface area contributed by atoms with Crippen LogP contribution < -0.4 is 4.90 Å². The number of benzene rings is 1. The third-order valence-electron chi connectivity index (χ3n) is 3.74. The van der Waals surface area contributed by atoms with Crippen LogP contribution in [0.15, 0.2) is 24.3 Å². The van der Waals surface area contributed by atoms with Gasteiger partial charge in [0.15, 0.2) is 0 Å². The summed E-state index contributed by atoms with van der Waals surface area (Å²) >= 11 is 0. The normalized spacial score (nSPS) is 17.4. The Morgan fingerprint density at radius 2 is 1.89 bits per heavy atom. The van der Waals surface area contributed by atoms with Crippen LogP contribution in [0.2, 0.25) is 0 Å². The maximum absolute atomic E-state index is 9.39. The molecule has 18 heavy (non-hydrogen) atoms. The largest absolute Gasteiger partial charge is 0.392 e. The Labute approximate surface area is 110 Å². The van der Waals surface area contributed by atoms with E-state index in [4.69, 9.17) is 0 Å². The summed E-state index contributed by atoms with van der Waals surface area (Å²) in [6, 6.07) is 8.19. The molecule has 100 valence electrons. The minimum atomic E-state index is 0.133. The van der Waals surface area contributed by atoms with Gasteiger partial charge in [0.1, 0.15) is 0 Å². The van der Waals surface area contributed by atoms with Crippen LogP contribution in [0.25, 0.3) is 0 Å². The summed E-state index contributed by atoms with van der Waals surface area (Å²) < 4.78 is 0. The molecule has 1 N–H and O–H groups in total. The number of para-hydroxylation sites is 1. The molecule has 3 nitrogen and oxygen atoms in total. The summed E-state index contributed by atoms with van der Waals surface area (Å²) in [5.41, 5.74) is 2.26. The summed E-state index contributed by atoms with van der Waals surface area (Å²) in [7, 11) is 4.29. The lowest BCUT2D eigenvalue weighted by atomic mass is 9.95. The summed E-state index contributed by atoms with van der Waals surface area (Å²) in [4.78, 5) is 4.69. The molecule has 0 radical (unpaired) electrons. The van der Waals surface area contributed by atoms with Crippen molar-refractivity contribution in [2.75, 3.05) is 38.6 Å². The van der Waals surface area contributed by atoms with Crippen molar-refractivity contribution >= 4 is 5.69 Å². The van der Waals surface area contributed by atoms with Gasteiger partial charge >= 0.3 is 0 Å². The molecule has 0 aromatic heterocycles. The number of hydrogen-bond acceptors (Lipinski definition) is 3. The average molecular weight is 248 g/mol. The quantitative estimate of drug-likeness (QED) is 0.882. The molecule has 1 fully saturated rings. The first-order valence-corrected chi connectivity index (χ1v) is 6.79. The van der Waals surface area contributed by atoms with E-state index in [2.05, 4.69) is 36.0 Å². The molecule has 0 saturated carbocycles. The first-order chi connectivity index (χ1) is 8.70. The molecular formula is C15H24N2O. The van der Waals surface area contributed by atoms with E-state index in [-0.39, 0.29) is 6.61 Å². The predicted molar refractivity (Wildman–Crippen MR) is 75.9 cm³/mol. The number of rotatable bonds is 4. The fourth-order valence-corrected chi connectivity index (χ4v) is 2.83. The second kappa shape index (κ2) is 6.21. The summed E-state index contributed by atoms with van der Waals surface area (Å²) in [5, 5.41) is 9.39. The van der Waals surface area contributed by atoms with Gasteiger partial charge in [-0.05, 0) is 38.9 Å². The third kappa shape index (κ3) is 3.24. The first-order valence-electron chi connectivity index (χ1n) is 6.79. The van der Waals surface area contributed by atoms with E-state index in [9.17, 15) is 5.11 Å². The Morgan fingerprint density at radius 3 is 2.50 bits per heavy atom. The van der Waals surface area contributed by atoms with Gasteiger partial charge in [-0.1, -0.05) is 18.2 Å². The maximum Gasteiger partial charge on any atom is 0.0702 e. The molecule has 1 heterocycles. The molecular weight excluding hydrogens is 224 g/mol. The van der Waals surface area contributed by atoms with Crippen molar-refractivity contribution in [1.29, 1.82) is 0 Å². The molecule has 1 aromatic carbocycles. The Kier molecular flexibility index (Phi) is 4.61. The highest BCUT2D eigenvalue weighted by atomic mass is 16.3. The molecule has 1 aliphatic rings. The average Bonchev–Trinajstić information content (AvgIpc) is 2.39. The molecule has 0 amide bonds. The highest BCUT2D eigenvalue weighted by Crippen LogP contribution is 2.26. The van der Waals surface area contributed by atoms with E-state index in [1.807, 2.05) is 12.1 Å². The zero-order chi connectivity index (χ0) is 13.0. The Hall–Kier alpha value is -1.06. The van der Waals surface area contributed by atoms with Crippen LogP contribution in [0.4, 0.5) is 5.69 Å². The lowest BCUT2D eigenvalue weighted by Crippen LogP contribution is -2.37. The molecule has 0 spiro atoms. The maximum atomic E-state index is 9.39. The smallest absolute Gasteiger partial charge is 0.0702 e. The minimum Gasteiger partial charge on any atom is -0.392 e. The minimum absolute atomic E-state index is 0.133. The van der Waals surface area contributed by atoms with Crippen molar-refractivity contribution in [2.24, 2.45) is 5.92 Å². The van der Waals surface area contributed by atoms with Gasteiger partial charge in [0.25, 0.3) is 0 Å². The topological polar surface area (TPSA) is 26.7 Å². The molecule has 2 rings (SSSR count). The van der Waals surface area contributed by atoms with E-state index in [0.717, 1.165) is 24.6 Å². The lowest BCUT2D eigenvalue weighted by Gasteiger charge is -2.35. The van der Waals surface area contributed by atoms with Crippen LogP contribution in [0.3, 0.4) is 0 Å². The van der Waals surface area contributed by atoms with Crippen molar-refractivity contribution < 1.29 is 5.11 Å². The zero-order valence-corrected chi connectivity index (χ0v) is 11.5. The number of hydrogen-bond donors (Lipinski definition) is 1. The highest BCUT2D eigenvalue weighted by molar-refractivity contribution is 5.53. The van der Waals surface area contributed by atoms with Gasteiger partial charge < -0.3 is 14.9 Å². The van der Waals surface area contributed by atoms with Gasteiger partial charge in [-0.2, -0.15) is 0 Å². The highest BCUT2D eigenvalue weighted by Gasteiger charge is 2.20. The molecule has 0 unspecified atom stereocenters. The van der Waals surface area contributed by atoms with Crippen LogP contribution >= 0.6 is 0 Å². The number of piperidine rings is 1. The van der Waals surface area contributed by atoms with Gasteiger partial charge in [0.05, 0.1) is 6.61 Å². The van der Waals surface area contributed by atoms with Gasteiger partial charge in [-0.3, -0.25) is 0 Å². The Balaban J connectivity index is 1.97. The standard InChI is InChI=1S/C15H24N2O/c1-16(2)11-13-7-9-17(10-8-13)15-6-4-3-5-14(15)12-18/h3-6,13,18H,7-12H2,1-2H3. The molecule has 0 bridgehead atoms. The van der Waals surface area contributed by atoms with Crippen LogP contribution in [-0.2, 0) is 6.61 Å². The second-order valence-electron chi connectivity index (χ2n) is 5.48. The van der Waals surface area contributed by atoms with Crippen molar-refractivity contribution in [3.05, 3.63) is 29.8 Å². The van der Waals surface area contributed by atoms with E-state index in [1.54, 1.807) is 0 Å². The van der Waals surface area contributed by atoms with Gasteiger partial charge in [-0.25, -0.2) is 0 Å². The van der Waals surface area contributed by atoms with E-state index >= 15 is 0 Å². The van der Waals surface area contributed by atoms with Crippen molar-refractivity contribution in [3.63, 3.8) is 0 Å². The molecule has 1 aliphatic heterocycles. The Bertz CT molecular complexity index is 371. The molecule has 1 aromatic rings. The SMILES string of the molecule is CN(C)CC1CCN(c2ccccc2CO)CC1. The lowest BCUT2D eigenvalue weighted by molar-refractivity contribution is 0.277. The molecule has 0 atom stereocenters. The van der Waals surface area contributed by atoms with Gasteiger partial charge in [-0.15, -0.1) is 0 Å². The van der Waals surface area contributed by atoms with Crippen LogP contribution in [0.1, 0.15) is 18.4 Å². The zero-order valence-electron chi connectivity index (χ0n) is 11.5. The predicted octanol–water partition coefficient (Wildman–Crippen LogP) is 1.96.